The summed E-state index contributed by atoms with van der Waals surface area (Å²) in [4.78, 5) is 1.28. The van der Waals surface area contributed by atoms with E-state index in [1.54, 1.807) is 11.8 Å². The smallest absolute Gasteiger partial charge is 0.0351 e. The van der Waals surface area contributed by atoms with Gasteiger partial charge in [-0.05, 0) is 24.5 Å². The molecule has 0 aliphatic rings. The van der Waals surface area contributed by atoms with Crippen molar-refractivity contribution in [2.24, 2.45) is 5.73 Å². The molecule has 0 heterocycles. The summed E-state index contributed by atoms with van der Waals surface area (Å²) in [6.07, 6.45) is 2.07. The van der Waals surface area contributed by atoms with Gasteiger partial charge in [-0.1, -0.05) is 6.07 Å². The van der Waals surface area contributed by atoms with Gasteiger partial charge >= 0.3 is 0 Å². The summed E-state index contributed by atoms with van der Waals surface area (Å²) < 4.78 is 0. The van der Waals surface area contributed by atoms with Crippen LogP contribution in [0.3, 0.4) is 0 Å². The van der Waals surface area contributed by atoms with Gasteiger partial charge < -0.3 is 11.1 Å². The van der Waals surface area contributed by atoms with Crippen LogP contribution in [-0.4, -0.2) is 19.3 Å². The molecule has 1 aromatic carbocycles. The molecule has 0 saturated heterocycles. The quantitative estimate of drug-likeness (QED) is 0.697. The fraction of sp³-hybridized carbons (Fsp3) is 0.333. The Labute approximate surface area is 77.5 Å². The highest BCUT2D eigenvalue weighted by Crippen LogP contribution is 2.18. The Morgan fingerprint density at radius 2 is 2.33 bits per heavy atom. The lowest BCUT2D eigenvalue weighted by atomic mass is 10.3. The molecule has 0 atom stereocenters. The maximum atomic E-state index is 5.38. The number of hydrogen-bond acceptors (Lipinski definition) is 3. The number of benzene rings is 1. The Morgan fingerprint density at radius 1 is 1.50 bits per heavy atom. The predicted octanol–water partition coefficient (Wildman–Crippen LogP) is 1.78. The number of nitrogens with one attached hydrogen (secondary N) is 1. The van der Waals surface area contributed by atoms with E-state index >= 15 is 0 Å². The molecule has 0 fully saturated rings. The second-order valence-corrected chi connectivity index (χ2v) is 3.33. The van der Waals surface area contributed by atoms with Gasteiger partial charge in [0.1, 0.15) is 0 Å². The van der Waals surface area contributed by atoms with Crippen LogP contribution in [0.4, 0.5) is 5.69 Å². The lowest BCUT2D eigenvalue weighted by Gasteiger charge is -2.05. The molecule has 2 nitrogen and oxygen atoms in total. The van der Waals surface area contributed by atoms with Crippen molar-refractivity contribution in [1.29, 1.82) is 0 Å². The van der Waals surface area contributed by atoms with Crippen LogP contribution in [0.2, 0.25) is 0 Å². The van der Waals surface area contributed by atoms with E-state index in [1.165, 1.54) is 4.90 Å². The van der Waals surface area contributed by atoms with Crippen molar-refractivity contribution in [3.63, 3.8) is 0 Å². The molecule has 0 bridgehead atoms. The topological polar surface area (TPSA) is 38.0 Å². The van der Waals surface area contributed by atoms with Gasteiger partial charge in [0, 0.05) is 23.7 Å². The molecular formula is C9H14N2S. The summed E-state index contributed by atoms with van der Waals surface area (Å²) in [7, 11) is 0. The van der Waals surface area contributed by atoms with Crippen molar-refractivity contribution in [1.82, 2.24) is 0 Å². The molecule has 0 aliphatic carbocycles. The maximum absolute atomic E-state index is 5.38. The largest absolute Gasteiger partial charge is 0.384 e. The molecule has 0 aromatic heterocycles. The first kappa shape index (κ1) is 9.42. The lowest BCUT2D eigenvalue weighted by molar-refractivity contribution is 1.02. The molecule has 0 aliphatic heterocycles. The Morgan fingerprint density at radius 3 is 3.00 bits per heavy atom. The summed E-state index contributed by atoms with van der Waals surface area (Å²) in [5.74, 6) is 0. The Bertz CT molecular complexity index is 238. The Balaban J connectivity index is 2.60. The van der Waals surface area contributed by atoms with Crippen molar-refractivity contribution in [3.8, 4) is 0 Å². The molecular weight excluding hydrogens is 168 g/mol. The summed E-state index contributed by atoms with van der Waals surface area (Å²) >= 11 is 1.75. The van der Waals surface area contributed by atoms with Gasteiger partial charge in [-0.2, -0.15) is 0 Å². The fourth-order valence-corrected chi connectivity index (χ4v) is 1.41. The highest BCUT2D eigenvalue weighted by atomic mass is 32.2. The third-order valence-corrected chi connectivity index (χ3v) is 2.27. The Kier molecular flexibility index (Phi) is 3.97. The molecule has 0 unspecified atom stereocenters. The van der Waals surface area contributed by atoms with E-state index in [0.717, 1.165) is 12.2 Å². The van der Waals surface area contributed by atoms with Gasteiger partial charge in [-0.3, -0.25) is 0 Å². The van der Waals surface area contributed by atoms with E-state index in [-0.39, 0.29) is 0 Å². The van der Waals surface area contributed by atoms with Crippen molar-refractivity contribution in [3.05, 3.63) is 24.3 Å². The first-order valence-corrected chi connectivity index (χ1v) is 5.17. The molecule has 0 amide bonds. The number of rotatable bonds is 4. The van der Waals surface area contributed by atoms with Crippen LogP contribution in [0.15, 0.2) is 29.2 Å². The van der Waals surface area contributed by atoms with Crippen LogP contribution in [0.1, 0.15) is 0 Å². The highest BCUT2D eigenvalue weighted by molar-refractivity contribution is 7.98. The zero-order chi connectivity index (χ0) is 8.81. The van der Waals surface area contributed by atoms with Crippen molar-refractivity contribution < 1.29 is 0 Å². The minimum atomic E-state index is 0.670. The molecule has 0 radical (unpaired) electrons. The second kappa shape index (κ2) is 5.06. The van der Waals surface area contributed by atoms with Gasteiger partial charge in [0.05, 0.1) is 0 Å². The van der Waals surface area contributed by atoms with Crippen LogP contribution in [0, 0.1) is 0 Å². The summed E-state index contributed by atoms with van der Waals surface area (Å²) in [5.41, 5.74) is 6.52. The van der Waals surface area contributed by atoms with Gasteiger partial charge in [-0.15, -0.1) is 11.8 Å². The number of thioether (sulfide) groups is 1. The second-order valence-electron chi connectivity index (χ2n) is 2.45. The molecule has 12 heavy (non-hydrogen) atoms. The van der Waals surface area contributed by atoms with Crippen LogP contribution in [-0.2, 0) is 0 Å². The minimum absolute atomic E-state index is 0.670. The molecule has 0 saturated carbocycles. The number of anilines is 1. The molecule has 1 rings (SSSR count). The molecule has 3 heteroatoms. The van der Waals surface area contributed by atoms with Crippen LogP contribution in [0.5, 0.6) is 0 Å². The Hall–Kier alpha value is -0.670. The van der Waals surface area contributed by atoms with E-state index in [1.807, 2.05) is 6.07 Å². The van der Waals surface area contributed by atoms with E-state index in [9.17, 15) is 0 Å². The van der Waals surface area contributed by atoms with Gasteiger partial charge in [0.2, 0.25) is 0 Å². The standard InChI is InChI=1S/C9H14N2S/c1-12-9-4-2-3-8(7-9)11-6-5-10/h2-4,7,11H,5-6,10H2,1H3. The number of nitrogens with two attached hydrogens (primary N) is 1. The van der Waals surface area contributed by atoms with Gasteiger partial charge in [0.25, 0.3) is 0 Å². The normalized spacial score (nSPS) is 9.83. The molecule has 1 aromatic rings. The molecule has 0 spiro atoms. The van der Waals surface area contributed by atoms with E-state index in [4.69, 9.17) is 5.73 Å². The lowest BCUT2D eigenvalue weighted by Crippen LogP contribution is -2.12. The molecule has 66 valence electrons. The molecule has 3 N–H and O–H groups in total. The zero-order valence-electron chi connectivity index (χ0n) is 7.21. The zero-order valence-corrected chi connectivity index (χ0v) is 8.03. The van der Waals surface area contributed by atoms with Gasteiger partial charge in [0.15, 0.2) is 0 Å². The van der Waals surface area contributed by atoms with Crippen LogP contribution < -0.4 is 11.1 Å². The monoisotopic (exact) mass is 182 g/mol. The summed E-state index contributed by atoms with van der Waals surface area (Å²) in [6, 6.07) is 8.32. The average molecular weight is 182 g/mol. The van der Waals surface area contributed by atoms with E-state index < -0.39 is 0 Å². The third kappa shape index (κ3) is 2.75. The first-order valence-electron chi connectivity index (χ1n) is 3.95. The number of hydrogen-bond donors (Lipinski definition) is 2. The maximum Gasteiger partial charge on any atom is 0.0351 e. The van der Waals surface area contributed by atoms with Crippen molar-refractivity contribution >= 4 is 17.4 Å². The average Bonchev–Trinajstić information content (AvgIpc) is 2.15. The van der Waals surface area contributed by atoms with Crippen LogP contribution >= 0.6 is 11.8 Å². The predicted molar refractivity (Wildman–Crippen MR) is 55.8 cm³/mol. The van der Waals surface area contributed by atoms with Crippen molar-refractivity contribution in [2.45, 2.75) is 4.90 Å². The third-order valence-electron chi connectivity index (χ3n) is 1.54. The van der Waals surface area contributed by atoms with E-state index in [0.29, 0.717) is 6.54 Å². The van der Waals surface area contributed by atoms with Crippen molar-refractivity contribution in [2.75, 3.05) is 24.7 Å². The van der Waals surface area contributed by atoms with Crippen LogP contribution in [0.25, 0.3) is 0 Å². The van der Waals surface area contributed by atoms with E-state index in [2.05, 4.69) is 29.8 Å². The highest BCUT2D eigenvalue weighted by Gasteiger charge is 1.92. The van der Waals surface area contributed by atoms with Gasteiger partial charge in [-0.25, -0.2) is 0 Å². The minimum Gasteiger partial charge on any atom is -0.384 e. The first-order chi connectivity index (χ1) is 5.86. The fourth-order valence-electron chi connectivity index (χ4n) is 0.950. The summed E-state index contributed by atoms with van der Waals surface area (Å²) in [6.45, 7) is 1.50. The summed E-state index contributed by atoms with van der Waals surface area (Å²) in [5, 5.41) is 3.23. The SMILES string of the molecule is CSc1cccc(NCCN)c1.